The molecular formula is C24H19BrN2O4. The first-order valence-electron chi connectivity index (χ1n) is 9.58. The Morgan fingerprint density at radius 3 is 1.97 bits per heavy atom. The minimum Gasteiger partial charge on any atom is -0.478 e. The van der Waals surface area contributed by atoms with Crippen molar-refractivity contribution in [2.75, 3.05) is 16.3 Å². The Morgan fingerprint density at radius 1 is 0.806 bits per heavy atom. The van der Waals surface area contributed by atoms with E-state index in [4.69, 9.17) is 0 Å². The second-order valence-electron chi connectivity index (χ2n) is 7.04. The van der Waals surface area contributed by atoms with Gasteiger partial charge < -0.3 is 20.0 Å². The first-order chi connectivity index (χ1) is 15.0. The largest absolute Gasteiger partial charge is 0.478 e. The van der Waals surface area contributed by atoms with Gasteiger partial charge in [-0.2, -0.15) is 0 Å². The number of hydrogen-bond donors (Lipinski definition) is 2. The highest BCUT2D eigenvalue weighted by Gasteiger charge is 2.41. The van der Waals surface area contributed by atoms with Crippen molar-refractivity contribution in [3.63, 3.8) is 0 Å². The lowest BCUT2D eigenvalue weighted by atomic mass is 10.00. The Kier molecular flexibility index (Phi) is 5.77. The van der Waals surface area contributed by atoms with E-state index in [0.717, 1.165) is 15.7 Å². The molecule has 0 spiro atoms. The smallest absolute Gasteiger partial charge is 0.353 e. The van der Waals surface area contributed by atoms with Gasteiger partial charge in [-0.05, 0) is 42.0 Å². The molecule has 3 aromatic carbocycles. The van der Waals surface area contributed by atoms with E-state index in [-0.39, 0.29) is 17.8 Å². The highest BCUT2D eigenvalue weighted by atomic mass is 79.9. The molecule has 0 bridgehead atoms. The van der Waals surface area contributed by atoms with Gasteiger partial charge in [0.15, 0.2) is 0 Å². The van der Waals surface area contributed by atoms with E-state index in [1.165, 1.54) is 0 Å². The molecule has 1 atom stereocenters. The average molecular weight is 479 g/mol. The first kappa shape index (κ1) is 20.7. The van der Waals surface area contributed by atoms with Crippen LogP contribution in [0.15, 0.2) is 101 Å². The number of aliphatic carboxylic acids is 2. The average Bonchev–Trinajstić information content (AvgIpc) is 2.78. The molecule has 2 N–H and O–H groups in total. The summed E-state index contributed by atoms with van der Waals surface area (Å²) in [4.78, 5) is 28.0. The van der Waals surface area contributed by atoms with E-state index >= 15 is 0 Å². The van der Waals surface area contributed by atoms with E-state index in [1.54, 1.807) is 29.2 Å². The molecular weight excluding hydrogens is 460 g/mol. The van der Waals surface area contributed by atoms with Gasteiger partial charge in [-0.15, -0.1) is 0 Å². The highest BCUT2D eigenvalue weighted by Crippen LogP contribution is 2.41. The number of para-hydroxylation sites is 2. The van der Waals surface area contributed by atoms with Crippen LogP contribution in [0.3, 0.4) is 0 Å². The maximum absolute atomic E-state index is 12.3. The molecule has 156 valence electrons. The van der Waals surface area contributed by atoms with E-state index in [0.29, 0.717) is 5.69 Å². The minimum atomic E-state index is -1.28. The minimum absolute atomic E-state index is 0.0541. The van der Waals surface area contributed by atoms with Crippen LogP contribution >= 0.6 is 15.9 Å². The summed E-state index contributed by atoms with van der Waals surface area (Å²) in [7, 11) is 0. The van der Waals surface area contributed by atoms with Crippen molar-refractivity contribution < 1.29 is 19.8 Å². The fourth-order valence-electron chi connectivity index (χ4n) is 3.85. The molecule has 31 heavy (non-hydrogen) atoms. The number of hydrogen-bond acceptors (Lipinski definition) is 4. The fraction of sp³-hybridized carbons (Fsp3) is 0.0833. The summed E-state index contributed by atoms with van der Waals surface area (Å²) in [5.74, 6) is -2.54. The van der Waals surface area contributed by atoms with Gasteiger partial charge in [0.25, 0.3) is 0 Å². The van der Waals surface area contributed by atoms with Crippen molar-refractivity contribution in [3.05, 3.63) is 106 Å². The van der Waals surface area contributed by atoms with Crippen LogP contribution < -0.4 is 9.80 Å². The summed E-state index contributed by atoms with van der Waals surface area (Å²) in [5, 5.41) is 20.0. The molecule has 1 heterocycles. The Balaban J connectivity index is 2.03. The maximum Gasteiger partial charge on any atom is 0.353 e. The van der Waals surface area contributed by atoms with Crippen molar-refractivity contribution in [1.29, 1.82) is 0 Å². The Morgan fingerprint density at radius 2 is 1.42 bits per heavy atom. The van der Waals surface area contributed by atoms with Crippen LogP contribution in [-0.2, 0) is 9.59 Å². The van der Waals surface area contributed by atoms with Gasteiger partial charge in [-0.3, -0.25) is 0 Å². The first-order valence-corrected chi connectivity index (χ1v) is 10.4. The number of halogens is 1. The molecule has 1 aliphatic rings. The molecule has 7 heteroatoms. The van der Waals surface area contributed by atoms with E-state index in [2.05, 4.69) is 15.9 Å². The number of carboxylic acids is 2. The van der Waals surface area contributed by atoms with Crippen molar-refractivity contribution >= 4 is 39.2 Å². The van der Waals surface area contributed by atoms with Gasteiger partial charge in [0, 0.05) is 15.8 Å². The predicted molar refractivity (Wildman–Crippen MR) is 122 cm³/mol. The van der Waals surface area contributed by atoms with Gasteiger partial charge in [0.2, 0.25) is 0 Å². The predicted octanol–water partition coefficient (Wildman–Crippen LogP) is 4.90. The van der Waals surface area contributed by atoms with Crippen LogP contribution in [-0.4, -0.2) is 28.7 Å². The Bertz CT molecular complexity index is 1150. The van der Waals surface area contributed by atoms with Crippen molar-refractivity contribution in [2.45, 2.75) is 6.17 Å². The summed E-state index contributed by atoms with van der Waals surface area (Å²) < 4.78 is 0.843. The molecule has 4 rings (SSSR count). The van der Waals surface area contributed by atoms with Gasteiger partial charge in [-0.25, -0.2) is 9.59 Å². The molecule has 0 aromatic heterocycles. The lowest BCUT2D eigenvalue weighted by Crippen LogP contribution is -2.50. The monoisotopic (exact) mass is 478 g/mol. The lowest BCUT2D eigenvalue weighted by molar-refractivity contribution is -0.136. The Hall–Kier alpha value is -3.58. The normalized spacial score (nSPS) is 16.4. The molecule has 1 aliphatic heterocycles. The molecule has 0 fully saturated rings. The zero-order valence-electron chi connectivity index (χ0n) is 16.4. The summed E-state index contributed by atoms with van der Waals surface area (Å²) in [6.07, 6.45) is -0.573. The van der Waals surface area contributed by atoms with Gasteiger partial charge in [0.1, 0.15) is 11.9 Å². The third kappa shape index (κ3) is 4.04. The van der Waals surface area contributed by atoms with Gasteiger partial charge in [-0.1, -0.05) is 64.5 Å². The highest BCUT2D eigenvalue weighted by molar-refractivity contribution is 9.10. The van der Waals surface area contributed by atoms with Crippen LogP contribution in [0.2, 0.25) is 0 Å². The standard InChI is InChI=1S/C24H19BrN2O4/c25-17-9-7-8-16(14-17)22-26(18-10-3-1-4-11-18)15-20(23(28)29)21(24(30)31)27(22)19-12-5-2-6-13-19/h1-14,22H,15H2,(H,28,29)(H,30,31). The van der Waals surface area contributed by atoms with Crippen LogP contribution in [0.25, 0.3) is 0 Å². The van der Waals surface area contributed by atoms with Crippen LogP contribution in [0, 0.1) is 0 Å². The van der Waals surface area contributed by atoms with Crippen LogP contribution in [0.1, 0.15) is 11.7 Å². The van der Waals surface area contributed by atoms with Crippen molar-refractivity contribution in [2.24, 2.45) is 0 Å². The van der Waals surface area contributed by atoms with E-state index in [1.807, 2.05) is 65.6 Å². The van der Waals surface area contributed by atoms with Crippen molar-refractivity contribution in [1.82, 2.24) is 0 Å². The zero-order chi connectivity index (χ0) is 22.0. The third-order valence-corrected chi connectivity index (χ3v) is 5.62. The molecule has 0 amide bonds. The number of carbonyl (C=O) groups is 2. The number of rotatable bonds is 5. The Labute approximate surface area is 187 Å². The molecule has 0 radical (unpaired) electrons. The zero-order valence-corrected chi connectivity index (χ0v) is 17.9. The third-order valence-electron chi connectivity index (χ3n) is 5.12. The summed E-state index contributed by atoms with van der Waals surface area (Å²) in [6.45, 7) is -0.0541. The summed E-state index contributed by atoms with van der Waals surface area (Å²) >= 11 is 3.50. The lowest BCUT2D eigenvalue weighted by Gasteiger charge is -2.46. The quantitative estimate of drug-likeness (QED) is 0.542. The van der Waals surface area contributed by atoms with Crippen LogP contribution in [0.5, 0.6) is 0 Å². The number of nitrogens with zero attached hydrogens (tertiary/aromatic N) is 2. The maximum atomic E-state index is 12.3. The number of anilines is 2. The molecule has 6 nitrogen and oxygen atoms in total. The molecule has 1 unspecified atom stereocenters. The fourth-order valence-corrected chi connectivity index (χ4v) is 4.26. The number of carboxylic acid groups (broad SMARTS) is 2. The number of benzene rings is 3. The molecule has 0 aliphatic carbocycles. The van der Waals surface area contributed by atoms with Crippen molar-refractivity contribution in [3.8, 4) is 0 Å². The van der Waals surface area contributed by atoms with Gasteiger partial charge in [0.05, 0.1) is 12.1 Å². The summed E-state index contributed by atoms with van der Waals surface area (Å²) in [5.41, 5.74) is 1.79. The second kappa shape index (κ2) is 8.65. The summed E-state index contributed by atoms with van der Waals surface area (Å²) in [6, 6.07) is 26.0. The topological polar surface area (TPSA) is 81.1 Å². The SMILES string of the molecule is O=C(O)C1=C(C(=O)O)N(c2ccccc2)C(c2cccc(Br)c2)N(c2ccccc2)C1. The second-order valence-corrected chi connectivity index (χ2v) is 7.95. The van der Waals surface area contributed by atoms with E-state index in [9.17, 15) is 19.8 Å². The molecule has 3 aromatic rings. The van der Waals surface area contributed by atoms with Crippen LogP contribution in [0.4, 0.5) is 11.4 Å². The van der Waals surface area contributed by atoms with E-state index < -0.39 is 18.1 Å². The molecule has 0 saturated heterocycles. The molecule has 0 saturated carbocycles. The van der Waals surface area contributed by atoms with Gasteiger partial charge >= 0.3 is 11.9 Å².